The molecule has 0 aromatic carbocycles. The quantitative estimate of drug-likeness (QED) is 0.602. The molecular weight excluding hydrogens is 344 g/mol. The number of aliphatic carboxylic acids is 1. The Balaban J connectivity index is 1.71. The van der Waals surface area contributed by atoms with Gasteiger partial charge in [-0.05, 0) is 56.8 Å². The lowest BCUT2D eigenvalue weighted by molar-refractivity contribution is -0.143. The summed E-state index contributed by atoms with van der Waals surface area (Å²) >= 11 is 0. The zero-order chi connectivity index (χ0) is 19.8. The summed E-state index contributed by atoms with van der Waals surface area (Å²) in [5.41, 5.74) is 0. The highest BCUT2D eigenvalue weighted by molar-refractivity contribution is 5.85. The van der Waals surface area contributed by atoms with Crippen molar-refractivity contribution < 1.29 is 19.5 Å². The lowest BCUT2D eigenvalue weighted by Crippen LogP contribution is -2.46. The summed E-state index contributed by atoms with van der Waals surface area (Å²) < 4.78 is 0. The minimum absolute atomic E-state index is 0.148. The molecule has 1 unspecified atom stereocenters. The number of carbonyl (C=O) groups is 3. The van der Waals surface area contributed by atoms with Crippen LogP contribution in [0, 0.1) is 17.8 Å². The van der Waals surface area contributed by atoms with Crippen molar-refractivity contribution in [3.63, 3.8) is 0 Å². The van der Waals surface area contributed by atoms with E-state index in [1.165, 1.54) is 32.1 Å². The van der Waals surface area contributed by atoms with Gasteiger partial charge in [-0.3, -0.25) is 9.59 Å². The Labute approximate surface area is 162 Å². The van der Waals surface area contributed by atoms with Crippen molar-refractivity contribution >= 4 is 17.8 Å². The van der Waals surface area contributed by atoms with Crippen molar-refractivity contribution in [1.29, 1.82) is 0 Å². The summed E-state index contributed by atoms with van der Waals surface area (Å²) in [7, 11) is 0. The molecule has 154 valence electrons. The van der Waals surface area contributed by atoms with E-state index in [4.69, 9.17) is 0 Å². The molecule has 0 aromatic heterocycles. The SMILES string of the molecule is CC(C)CC(NC(=O)C1CCC(NC(=O)CC2CCCCC2)CC1)C(=O)O. The average Bonchev–Trinajstić information content (AvgIpc) is 2.62. The molecule has 27 heavy (non-hydrogen) atoms. The maximum absolute atomic E-state index is 12.4. The largest absolute Gasteiger partial charge is 0.480 e. The average molecular weight is 381 g/mol. The second kappa shape index (κ2) is 10.7. The van der Waals surface area contributed by atoms with Crippen molar-refractivity contribution in [1.82, 2.24) is 10.6 Å². The van der Waals surface area contributed by atoms with Gasteiger partial charge in [0, 0.05) is 18.4 Å². The first-order chi connectivity index (χ1) is 12.8. The van der Waals surface area contributed by atoms with Crippen molar-refractivity contribution in [3.8, 4) is 0 Å². The van der Waals surface area contributed by atoms with Crippen molar-refractivity contribution in [2.24, 2.45) is 17.8 Å². The van der Waals surface area contributed by atoms with E-state index in [9.17, 15) is 19.5 Å². The third-order valence-corrected chi connectivity index (χ3v) is 5.98. The van der Waals surface area contributed by atoms with Crippen molar-refractivity contribution in [3.05, 3.63) is 0 Å². The van der Waals surface area contributed by atoms with Crippen LogP contribution in [-0.2, 0) is 14.4 Å². The van der Waals surface area contributed by atoms with Crippen LogP contribution in [-0.4, -0.2) is 35.0 Å². The maximum atomic E-state index is 12.4. The first-order valence-electron chi connectivity index (χ1n) is 10.7. The van der Waals surface area contributed by atoms with Crippen LogP contribution in [0.1, 0.15) is 84.5 Å². The summed E-state index contributed by atoms with van der Waals surface area (Å²) in [6.07, 6.45) is 10.2. The highest BCUT2D eigenvalue weighted by Gasteiger charge is 2.30. The van der Waals surface area contributed by atoms with Gasteiger partial charge in [-0.15, -0.1) is 0 Å². The van der Waals surface area contributed by atoms with Gasteiger partial charge in [0.25, 0.3) is 0 Å². The number of hydrogen-bond donors (Lipinski definition) is 3. The molecule has 2 fully saturated rings. The summed E-state index contributed by atoms with van der Waals surface area (Å²) in [5, 5.41) is 15.1. The minimum atomic E-state index is -0.972. The Kier molecular flexibility index (Phi) is 8.58. The van der Waals surface area contributed by atoms with Gasteiger partial charge < -0.3 is 15.7 Å². The number of hydrogen-bond acceptors (Lipinski definition) is 3. The molecule has 0 aromatic rings. The predicted octanol–water partition coefficient (Wildman–Crippen LogP) is 3.25. The topological polar surface area (TPSA) is 95.5 Å². The van der Waals surface area contributed by atoms with Crippen LogP contribution in [0.4, 0.5) is 0 Å². The molecule has 0 heterocycles. The number of carbonyl (C=O) groups excluding carboxylic acids is 2. The zero-order valence-corrected chi connectivity index (χ0v) is 16.8. The Bertz CT molecular complexity index is 506. The van der Waals surface area contributed by atoms with Crippen LogP contribution in [0.5, 0.6) is 0 Å². The van der Waals surface area contributed by atoms with E-state index in [0.29, 0.717) is 31.6 Å². The fourth-order valence-electron chi connectivity index (χ4n) is 4.42. The fourth-order valence-corrected chi connectivity index (χ4v) is 4.42. The first kappa shape index (κ1) is 21.7. The standard InChI is InChI=1S/C21H36N2O4/c1-14(2)12-18(21(26)27)23-20(25)16-8-10-17(11-9-16)22-19(24)13-15-6-4-3-5-7-15/h14-18H,3-13H2,1-2H3,(H,22,24)(H,23,25)(H,26,27). The van der Waals surface area contributed by atoms with Crippen LogP contribution in [0.3, 0.4) is 0 Å². The summed E-state index contributed by atoms with van der Waals surface area (Å²) in [4.78, 5) is 36.0. The second-order valence-electron chi connectivity index (χ2n) is 8.85. The molecule has 0 saturated heterocycles. The van der Waals surface area contributed by atoms with Gasteiger partial charge in [-0.1, -0.05) is 33.1 Å². The molecular formula is C21H36N2O4. The summed E-state index contributed by atoms with van der Waals surface area (Å²) in [6, 6.07) is -0.665. The first-order valence-corrected chi connectivity index (χ1v) is 10.7. The lowest BCUT2D eigenvalue weighted by atomic mass is 9.84. The van der Waals surface area contributed by atoms with E-state index in [2.05, 4.69) is 10.6 Å². The van der Waals surface area contributed by atoms with E-state index in [0.717, 1.165) is 12.8 Å². The molecule has 6 nitrogen and oxygen atoms in total. The van der Waals surface area contributed by atoms with E-state index in [1.807, 2.05) is 13.8 Å². The van der Waals surface area contributed by atoms with Crippen molar-refractivity contribution in [2.75, 3.05) is 0 Å². The number of amides is 2. The molecule has 2 saturated carbocycles. The van der Waals surface area contributed by atoms with Crippen LogP contribution >= 0.6 is 0 Å². The molecule has 0 bridgehead atoms. The molecule has 2 aliphatic rings. The van der Waals surface area contributed by atoms with Crippen molar-refractivity contribution in [2.45, 2.75) is 96.6 Å². The predicted molar refractivity (Wildman–Crippen MR) is 104 cm³/mol. The van der Waals surface area contributed by atoms with Crippen LogP contribution < -0.4 is 10.6 Å². The van der Waals surface area contributed by atoms with E-state index in [-0.39, 0.29) is 29.7 Å². The van der Waals surface area contributed by atoms with Gasteiger partial charge in [0.1, 0.15) is 6.04 Å². The molecule has 2 aliphatic carbocycles. The summed E-state index contributed by atoms with van der Waals surface area (Å²) in [5.74, 6) is -0.379. The third-order valence-electron chi connectivity index (χ3n) is 5.98. The Morgan fingerprint density at radius 1 is 0.963 bits per heavy atom. The number of carboxylic acid groups (broad SMARTS) is 1. The highest BCUT2D eigenvalue weighted by atomic mass is 16.4. The minimum Gasteiger partial charge on any atom is -0.480 e. The fraction of sp³-hybridized carbons (Fsp3) is 0.857. The Hall–Kier alpha value is -1.59. The van der Waals surface area contributed by atoms with Gasteiger partial charge in [-0.25, -0.2) is 4.79 Å². The normalized spacial score (nSPS) is 25.0. The zero-order valence-electron chi connectivity index (χ0n) is 16.8. The van der Waals surface area contributed by atoms with E-state index in [1.54, 1.807) is 0 Å². The maximum Gasteiger partial charge on any atom is 0.326 e. The monoisotopic (exact) mass is 380 g/mol. The molecule has 3 N–H and O–H groups in total. The molecule has 0 radical (unpaired) electrons. The molecule has 2 rings (SSSR count). The number of nitrogens with one attached hydrogen (secondary N) is 2. The van der Waals surface area contributed by atoms with Gasteiger partial charge in [0.05, 0.1) is 0 Å². The Morgan fingerprint density at radius 3 is 2.15 bits per heavy atom. The second-order valence-corrected chi connectivity index (χ2v) is 8.85. The molecule has 1 atom stereocenters. The molecule has 0 aliphatic heterocycles. The highest BCUT2D eigenvalue weighted by Crippen LogP contribution is 2.28. The molecule has 6 heteroatoms. The molecule has 2 amide bonds. The van der Waals surface area contributed by atoms with Gasteiger partial charge in [0.15, 0.2) is 0 Å². The van der Waals surface area contributed by atoms with E-state index < -0.39 is 12.0 Å². The van der Waals surface area contributed by atoms with Gasteiger partial charge in [0.2, 0.25) is 11.8 Å². The van der Waals surface area contributed by atoms with E-state index >= 15 is 0 Å². The smallest absolute Gasteiger partial charge is 0.326 e. The molecule has 0 spiro atoms. The lowest BCUT2D eigenvalue weighted by Gasteiger charge is -2.30. The van der Waals surface area contributed by atoms with Crippen LogP contribution in [0.2, 0.25) is 0 Å². The number of rotatable bonds is 8. The Morgan fingerprint density at radius 2 is 1.59 bits per heavy atom. The van der Waals surface area contributed by atoms with Gasteiger partial charge >= 0.3 is 5.97 Å². The van der Waals surface area contributed by atoms with Gasteiger partial charge in [-0.2, -0.15) is 0 Å². The third kappa shape index (κ3) is 7.51. The number of carboxylic acids is 1. The van der Waals surface area contributed by atoms with Crippen LogP contribution in [0.15, 0.2) is 0 Å². The van der Waals surface area contributed by atoms with Crippen LogP contribution in [0.25, 0.3) is 0 Å². The summed E-state index contributed by atoms with van der Waals surface area (Å²) in [6.45, 7) is 3.90.